The topological polar surface area (TPSA) is 159 Å². The number of furan rings is 1. The lowest BCUT2D eigenvalue weighted by Crippen LogP contribution is -2.32. The van der Waals surface area contributed by atoms with Gasteiger partial charge in [0.15, 0.2) is 11.6 Å². The molecule has 0 atom stereocenters. The number of benzene rings is 3. The van der Waals surface area contributed by atoms with Crippen molar-refractivity contribution in [2.24, 2.45) is 5.73 Å². The van der Waals surface area contributed by atoms with E-state index in [1.54, 1.807) is 0 Å². The van der Waals surface area contributed by atoms with E-state index in [1.807, 2.05) is 0 Å². The first-order chi connectivity index (χ1) is 18.9. The van der Waals surface area contributed by atoms with E-state index >= 15 is 0 Å². The summed E-state index contributed by atoms with van der Waals surface area (Å²) in [6.45, 7) is -0.792. The van der Waals surface area contributed by atoms with E-state index in [-0.39, 0.29) is 57.3 Å². The zero-order valence-corrected chi connectivity index (χ0v) is 21.8. The highest BCUT2D eigenvalue weighted by atomic mass is 32.2. The first-order valence-corrected chi connectivity index (χ1v) is 13.3. The fraction of sp³-hybridized carbons (Fsp3) is 0.154. The molecule has 3 aromatic carbocycles. The van der Waals surface area contributed by atoms with Crippen molar-refractivity contribution in [3.63, 3.8) is 0 Å². The van der Waals surface area contributed by atoms with Crippen LogP contribution >= 0.6 is 0 Å². The molecule has 11 nitrogen and oxygen atoms in total. The molecule has 40 heavy (non-hydrogen) atoms. The fourth-order valence-corrected chi connectivity index (χ4v) is 4.85. The smallest absolute Gasteiger partial charge is 0.412 e. The average molecular weight is 577 g/mol. The number of carbonyl (C=O) groups is 2. The van der Waals surface area contributed by atoms with Crippen LogP contribution in [-0.2, 0) is 14.8 Å². The van der Waals surface area contributed by atoms with Crippen molar-refractivity contribution in [1.82, 2.24) is 0 Å². The molecule has 1 heterocycles. The van der Waals surface area contributed by atoms with E-state index in [9.17, 15) is 31.9 Å². The standard InChI is InChI=1S/C26H22F2N2O9S/c1-36-21-12-16-20(13-18(21)30(10-11-31)40(2,34)35)38-24(22(16)25(32)39-26(29)33)14-6-8-15(9-7-14)37-19-5-3-4-17(27)23(19)28/h3-9,12-13,31H,10-11H2,1-2H3,(H2,29,33). The van der Waals surface area contributed by atoms with Crippen molar-refractivity contribution in [2.75, 3.05) is 30.8 Å². The summed E-state index contributed by atoms with van der Waals surface area (Å²) in [6.07, 6.45) is -0.435. The first-order valence-electron chi connectivity index (χ1n) is 11.4. The number of nitrogens with two attached hydrogens (primary N) is 1. The molecular formula is C26H22F2N2O9S. The lowest BCUT2D eigenvalue weighted by atomic mass is 10.0. The minimum atomic E-state index is -3.87. The van der Waals surface area contributed by atoms with Crippen LogP contribution in [0.3, 0.4) is 0 Å². The Labute approximate surface area is 226 Å². The molecule has 0 bridgehead atoms. The van der Waals surface area contributed by atoms with Gasteiger partial charge in [-0.1, -0.05) is 6.07 Å². The molecule has 0 aliphatic carbocycles. The number of aliphatic hydroxyl groups is 1. The van der Waals surface area contributed by atoms with Gasteiger partial charge in [0.1, 0.15) is 28.4 Å². The van der Waals surface area contributed by atoms with E-state index in [0.717, 1.165) is 16.6 Å². The van der Waals surface area contributed by atoms with Gasteiger partial charge < -0.3 is 29.5 Å². The number of nitrogens with zero attached hydrogens (tertiary/aromatic N) is 1. The molecule has 4 aromatic rings. The van der Waals surface area contributed by atoms with Gasteiger partial charge in [-0.25, -0.2) is 22.4 Å². The number of halogens is 2. The zero-order valence-electron chi connectivity index (χ0n) is 21.0. The summed E-state index contributed by atoms with van der Waals surface area (Å²) >= 11 is 0. The molecule has 0 saturated heterocycles. The van der Waals surface area contributed by atoms with Gasteiger partial charge in [-0.2, -0.15) is 4.39 Å². The van der Waals surface area contributed by atoms with Crippen LogP contribution < -0.4 is 19.5 Å². The van der Waals surface area contributed by atoms with Crippen LogP contribution in [0, 0.1) is 11.6 Å². The third kappa shape index (κ3) is 5.67. The molecule has 1 amide bonds. The largest absolute Gasteiger partial charge is 0.495 e. The molecule has 14 heteroatoms. The Morgan fingerprint density at radius 2 is 1.77 bits per heavy atom. The second-order valence-corrected chi connectivity index (χ2v) is 10.2. The number of primary amides is 1. The number of anilines is 1. The number of carbonyl (C=O) groups excluding carboxylic acids is 2. The third-order valence-electron chi connectivity index (χ3n) is 5.62. The van der Waals surface area contributed by atoms with Crippen molar-refractivity contribution in [1.29, 1.82) is 0 Å². The summed E-state index contributed by atoms with van der Waals surface area (Å²) in [5.74, 6) is -3.72. The second kappa shape index (κ2) is 11.2. The number of hydrogen-bond acceptors (Lipinski definition) is 9. The number of ether oxygens (including phenoxy) is 3. The van der Waals surface area contributed by atoms with Gasteiger partial charge in [-0.05, 0) is 42.5 Å². The molecule has 0 fully saturated rings. The molecule has 210 valence electrons. The van der Waals surface area contributed by atoms with Crippen molar-refractivity contribution in [2.45, 2.75) is 0 Å². The molecular weight excluding hydrogens is 554 g/mol. The number of hydrogen-bond donors (Lipinski definition) is 2. The molecule has 3 N–H and O–H groups in total. The minimum absolute atomic E-state index is 0.00715. The summed E-state index contributed by atoms with van der Waals surface area (Å²) in [5.41, 5.74) is 5.12. The first kappa shape index (κ1) is 28.3. The van der Waals surface area contributed by atoms with Crippen molar-refractivity contribution < 1.29 is 50.5 Å². The van der Waals surface area contributed by atoms with E-state index in [2.05, 4.69) is 4.74 Å². The Balaban J connectivity index is 1.85. The van der Waals surface area contributed by atoms with Crippen LogP contribution in [0.5, 0.6) is 17.2 Å². The summed E-state index contributed by atoms with van der Waals surface area (Å²) in [7, 11) is -2.60. The Hall–Kier alpha value is -4.69. The van der Waals surface area contributed by atoms with Gasteiger partial charge in [0, 0.05) is 17.0 Å². The highest BCUT2D eigenvalue weighted by Crippen LogP contribution is 2.41. The van der Waals surface area contributed by atoms with Crippen molar-refractivity contribution in [3.8, 4) is 28.6 Å². The Bertz CT molecular complexity index is 1700. The number of rotatable bonds is 9. The molecule has 0 aliphatic rings. The van der Waals surface area contributed by atoms with Gasteiger partial charge in [0.2, 0.25) is 15.8 Å². The van der Waals surface area contributed by atoms with Crippen LogP contribution in [0.1, 0.15) is 10.4 Å². The molecule has 0 saturated carbocycles. The molecule has 0 spiro atoms. The van der Waals surface area contributed by atoms with Crippen LogP contribution in [0.25, 0.3) is 22.3 Å². The van der Waals surface area contributed by atoms with Gasteiger partial charge in [0.25, 0.3) is 0 Å². The van der Waals surface area contributed by atoms with E-state index in [0.29, 0.717) is 0 Å². The quantitative estimate of drug-likeness (QED) is 0.220. The van der Waals surface area contributed by atoms with Crippen LogP contribution in [-0.4, -0.2) is 52.1 Å². The Morgan fingerprint density at radius 1 is 1.07 bits per heavy atom. The number of sulfonamides is 1. The highest BCUT2D eigenvalue weighted by molar-refractivity contribution is 7.92. The molecule has 1 aromatic heterocycles. The third-order valence-corrected chi connectivity index (χ3v) is 6.80. The van der Waals surface area contributed by atoms with Crippen LogP contribution in [0.2, 0.25) is 0 Å². The predicted octanol–water partition coefficient (Wildman–Crippen LogP) is 4.17. The molecule has 0 radical (unpaired) electrons. The van der Waals surface area contributed by atoms with Crippen molar-refractivity contribution in [3.05, 3.63) is 71.8 Å². The fourth-order valence-electron chi connectivity index (χ4n) is 3.94. The Morgan fingerprint density at radius 3 is 2.38 bits per heavy atom. The minimum Gasteiger partial charge on any atom is -0.495 e. The van der Waals surface area contributed by atoms with Gasteiger partial charge in [-0.3, -0.25) is 4.31 Å². The predicted molar refractivity (Wildman–Crippen MR) is 139 cm³/mol. The van der Waals surface area contributed by atoms with Gasteiger partial charge in [0.05, 0.1) is 32.2 Å². The number of fused-ring (bicyclic) bond motifs is 1. The van der Waals surface area contributed by atoms with Crippen LogP contribution in [0.15, 0.2) is 59.0 Å². The molecule has 4 rings (SSSR count). The summed E-state index contributed by atoms with van der Waals surface area (Å²) in [5, 5.41) is 9.51. The number of esters is 1. The van der Waals surface area contributed by atoms with Gasteiger partial charge in [-0.15, -0.1) is 0 Å². The number of aliphatic hydroxyl groups excluding tert-OH is 1. The SMILES string of the molecule is COc1cc2c(C(=O)OC(N)=O)c(-c3ccc(Oc4cccc(F)c4F)cc3)oc2cc1N(CCO)S(C)(=O)=O. The lowest BCUT2D eigenvalue weighted by molar-refractivity contribution is 0.0640. The number of methoxy groups -OCH3 is 1. The summed E-state index contributed by atoms with van der Waals surface area (Å²) in [6, 6.07) is 11.7. The van der Waals surface area contributed by atoms with Crippen LogP contribution in [0.4, 0.5) is 19.3 Å². The maximum atomic E-state index is 14.0. The second-order valence-electron chi connectivity index (χ2n) is 8.27. The maximum absolute atomic E-state index is 14.0. The summed E-state index contributed by atoms with van der Waals surface area (Å²) < 4.78 is 74.5. The van der Waals surface area contributed by atoms with Crippen molar-refractivity contribution >= 4 is 38.7 Å². The highest BCUT2D eigenvalue weighted by Gasteiger charge is 2.29. The Kier molecular flexibility index (Phi) is 7.93. The normalized spacial score (nSPS) is 11.3. The monoisotopic (exact) mass is 576 g/mol. The van der Waals surface area contributed by atoms with E-state index in [1.165, 1.54) is 55.6 Å². The maximum Gasteiger partial charge on any atom is 0.412 e. The summed E-state index contributed by atoms with van der Waals surface area (Å²) in [4.78, 5) is 24.3. The van der Waals surface area contributed by atoms with Gasteiger partial charge >= 0.3 is 12.1 Å². The van der Waals surface area contributed by atoms with E-state index in [4.69, 9.17) is 19.6 Å². The zero-order chi connectivity index (χ0) is 29.2. The lowest BCUT2D eigenvalue weighted by Gasteiger charge is -2.23. The molecule has 0 unspecified atom stereocenters. The molecule has 0 aliphatic heterocycles. The van der Waals surface area contributed by atoms with E-state index < -0.39 is 40.3 Å². The average Bonchev–Trinajstić information content (AvgIpc) is 3.27. The number of amides is 1.